The van der Waals surface area contributed by atoms with Gasteiger partial charge < -0.3 is 11.5 Å². The molecule has 0 saturated heterocycles. The number of nitrogen functional groups attached to an aromatic ring is 1. The Labute approximate surface area is 139 Å². The molecule has 0 aromatic heterocycles. The molecule has 0 radical (unpaired) electrons. The third kappa shape index (κ3) is 4.32. The second kappa shape index (κ2) is 6.94. The van der Waals surface area contributed by atoms with E-state index in [0.29, 0.717) is 18.7 Å². The van der Waals surface area contributed by atoms with Crippen LogP contribution in [0.5, 0.6) is 0 Å². The van der Waals surface area contributed by atoms with Crippen molar-refractivity contribution in [3.8, 4) is 0 Å². The van der Waals surface area contributed by atoms with Crippen LogP contribution in [-0.4, -0.2) is 11.4 Å². The second-order valence-corrected chi connectivity index (χ2v) is 6.51. The molecule has 116 valence electrons. The van der Waals surface area contributed by atoms with Crippen molar-refractivity contribution < 1.29 is 4.79 Å². The zero-order valence-electron chi connectivity index (χ0n) is 12.5. The maximum Gasteiger partial charge on any atom is 0.237 e. The number of rotatable bonds is 6. The number of benzene rings is 2. The van der Waals surface area contributed by atoms with Crippen LogP contribution in [0.3, 0.4) is 0 Å². The van der Waals surface area contributed by atoms with Gasteiger partial charge in [0, 0.05) is 16.7 Å². The maximum atomic E-state index is 11.9. The standard InChI is InChI=1S/C17H20BrN3O/c1-17(16(20)22,10-12-5-7-15(19)8-6-12)21-11-13-3-2-4-14(18)9-13/h2-9,21H,10-11,19H2,1H3,(H2,20,22). The Balaban J connectivity index is 2.10. The number of carbonyl (C=O) groups excluding carboxylic acids is 1. The minimum atomic E-state index is -0.821. The average Bonchev–Trinajstić information content (AvgIpc) is 2.48. The van der Waals surface area contributed by atoms with Crippen molar-refractivity contribution in [2.75, 3.05) is 5.73 Å². The first-order valence-electron chi connectivity index (χ1n) is 7.03. The molecule has 0 saturated carbocycles. The van der Waals surface area contributed by atoms with Crippen LogP contribution in [0.1, 0.15) is 18.1 Å². The zero-order valence-corrected chi connectivity index (χ0v) is 14.1. The second-order valence-electron chi connectivity index (χ2n) is 5.60. The molecule has 0 bridgehead atoms. The molecule has 0 aliphatic heterocycles. The third-order valence-electron chi connectivity index (χ3n) is 3.65. The van der Waals surface area contributed by atoms with Crippen LogP contribution in [0.2, 0.25) is 0 Å². The van der Waals surface area contributed by atoms with E-state index in [4.69, 9.17) is 11.5 Å². The van der Waals surface area contributed by atoms with Crippen LogP contribution < -0.4 is 16.8 Å². The molecule has 0 aliphatic carbocycles. The minimum absolute atomic E-state index is 0.376. The van der Waals surface area contributed by atoms with E-state index < -0.39 is 5.54 Å². The van der Waals surface area contributed by atoms with Gasteiger partial charge in [-0.2, -0.15) is 0 Å². The van der Waals surface area contributed by atoms with E-state index in [2.05, 4.69) is 21.2 Å². The maximum absolute atomic E-state index is 11.9. The van der Waals surface area contributed by atoms with E-state index in [1.807, 2.05) is 55.5 Å². The molecular formula is C17H20BrN3O. The molecule has 4 nitrogen and oxygen atoms in total. The van der Waals surface area contributed by atoms with Gasteiger partial charge in [0.1, 0.15) is 0 Å². The number of carbonyl (C=O) groups is 1. The van der Waals surface area contributed by atoms with E-state index in [1.165, 1.54) is 0 Å². The van der Waals surface area contributed by atoms with Gasteiger partial charge in [0.05, 0.1) is 5.54 Å². The molecule has 0 aliphatic rings. The predicted octanol–water partition coefficient (Wildman–Crippen LogP) is 2.61. The fraction of sp³-hybridized carbons (Fsp3) is 0.235. The molecular weight excluding hydrogens is 342 g/mol. The predicted molar refractivity (Wildman–Crippen MR) is 93.1 cm³/mol. The summed E-state index contributed by atoms with van der Waals surface area (Å²) in [5.74, 6) is -0.376. The van der Waals surface area contributed by atoms with Crippen LogP contribution >= 0.6 is 15.9 Å². The van der Waals surface area contributed by atoms with Crippen molar-refractivity contribution in [2.45, 2.75) is 25.4 Å². The van der Waals surface area contributed by atoms with Crippen LogP contribution in [0.15, 0.2) is 53.0 Å². The zero-order chi connectivity index (χ0) is 16.2. The van der Waals surface area contributed by atoms with E-state index in [-0.39, 0.29) is 5.91 Å². The summed E-state index contributed by atoms with van der Waals surface area (Å²) >= 11 is 3.44. The number of nitrogens with one attached hydrogen (secondary N) is 1. The quantitative estimate of drug-likeness (QED) is 0.691. The Morgan fingerprint density at radius 3 is 2.45 bits per heavy atom. The van der Waals surface area contributed by atoms with Crippen molar-refractivity contribution in [3.05, 3.63) is 64.1 Å². The first-order chi connectivity index (χ1) is 10.4. The Kier molecular flexibility index (Phi) is 5.21. The summed E-state index contributed by atoms with van der Waals surface area (Å²) < 4.78 is 1.01. The average molecular weight is 362 g/mol. The van der Waals surface area contributed by atoms with Crippen molar-refractivity contribution in [1.82, 2.24) is 5.32 Å². The van der Waals surface area contributed by atoms with Gasteiger partial charge in [-0.25, -0.2) is 0 Å². The van der Waals surface area contributed by atoms with Crippen LogP contribution in [0.4, 0.5) is 5.69 Å². The van der Waals surface area contributed by atoms with E-state index >= 15 is 0 Å². The van der Waals surface area contributed by atoms with Gasteiger partial charge in [0.15, 0.2) is 0 Å². The monoisotopic (exact) mass is 361 g/mol. The normalized spacial score (nSPS) is 13.5. The summed E-state index contributed by atoms with van der Waals surface area (Å²) in [5, 5.41) is 3.28. The number of anilines is 1. The van der Waals surface area contributed by atoms with Gasteiger partial charge in [-0.15, -0.1) is 0 Å². The SMILES string of the molecule is CC(Cc1ccc(N)cc1)(NCc1cccc(Br)c1)C(N)=O. The smallest absolute Gasteiger partial charge is 0.237 e. The third-order valence-corrected chi connectivity index (χ3v) is 4.15. The largest absolute Gasteiger partial charge is 0.399 e. The Morgan fingerprint density at radius 1 is 1.18 bits per heavy atom. The Morgan fingerprint density at radius 2 is 1.86 bits per heavy atom. The van der Waals surface area contributed by atoms with Gasteiger partial charge in [-0.3, -0.25) is 10.1 Å². The molecule has 0 fully saturated rings. The Hall–Kier alpha value is -1.85. The van der Waals surface area contributed by atoms with E-state index in [9.17, 15) is 4.79 Å². The molecule has 0 spiro atoms. The molecule has 5 N–H and O–H groups in total. The highest BCUT2D eigenvalue weighted by molar-refractivity contribution is 9.10. The van der Waals surface area contributed by atoms with Crippen molar-refractivity contribution in [2.24, 2.45) is 5.73 Å². The molecule has 1 atom stereocenters. The summed E-state index contributed by atoms with van der Waals surface area (Å²) in [4.78, 5) is 11.9. The van der Waals surface area contributed by atoms with Gasteiger partial charge in [-0.05, 0) is 48.7 Å². The summed E-state index contributed by atoms with van der Waals surface area (Å²) in [6.45, 7) is 2.39. The van der Waals surface area contributed by atoms with Crippen molar-refractivity contribution in [3.63, 3.8) is 0 Å². The van der Waals surface area contributed by atoms with Gasteiger partial charge in [-0.1, -0.05) is 40.2 Å². The number of hydrogen-bond donors (Lipinski definition) is 3. The molecule has 1 unspecified atom stereocenters. The summed E-state index contributed by atoms with van der Waals surface area (Å²) in [7, 11) is 0. The first kappa shape index (κ1) is 16.5. The topological polar surface area (TPSA) is 81.1 Å². The molecule has 2 rings (SSSR count). The molecule has 2 aromatic carbocycles. The highest BCUT2D eigenvalue weighted by atomic mass is 79.9. The molecule has 0 heterocycles. The van der Waals surface area contributed by atoms with E-state index in [1.54, 1.807) is 0 Å². The molecule has 5 heteroatoms. The molecule has 22 heavy (non-hydrogen) atoms. The number of halogens is 1. The van der Waals surface area contributed by atoms with Crippen molar-refractivity contribution in [1.29, 1.82) is 0 Å². The lowest BCUT2D eigenvalue weighted by Crippen LogP contribution is -2.54. The highest BCUT2D eigenvalue weighted by Crippen LogP contribution is 2.17. The van der Waals surface area contributed by atoms with E-state index in [0.717, 1.165) is 15.6 Å². The fourth-order valence-corrected chi connectivity index (χ4v) is 2.67. The first-order valence-corrected chi connectivity index (χ1v) is 7.82. The number of hydrogen-bond acceptors (Lipinski definition) is 3. The van der Waals surface area contributed by atoms with Gasteiger partial charge in [0.25, 0.3) is 0 Å². The van der Waals surface area contributed by atoms with Crippen molar-refractivity contribution >= 4 is 27.5 Å². The molecule has 2 aromatic rings. The fourth-order valence-electron chi connectivity index (χ4n) is 2.22. The lowest BCUT2D eigenvalue weighted by Gasteiger charge is -2.28. The highest BCUT2D eigenvalue weighted by Gasteiger charge is 2.30. The summed E-state index contributed by atoms with van der Waals surface area (Å²) in [6, 6.07) is 15.4. The number of amides is 1. The summed E-state index contributed by atoms with van der Waals surface area (Å²) in [5.41, 5.74) is 13.3. The lowest BCUT2D eigenvalue weighted by molar-refractivity contribution is -0.123. The van der Waals surface area contributed by atoms with Crippen LogP contribution in [0.25, 0.3) is 0 Å². The summed E-state index contributed by atoms with van der Waals surface area (Å²) in [6.07, 6.45) is 0.511. The lowest BCUT2D eigenvalue weighted by atomic mass is 9.91. The van der Waals surface area contributed by atoms with Crippen LogP contribution in [-0.2, 0) is 17.8 Å². The van der Waals surface area contributed by atoms with Crippen LogP contribution in [0, 0.1) is 0 Å². The Bertz CT molecular complexity index is 657. The molecule has 1 amide bonds. The van der Waals surface area contributed by atoms with Gasteiger partial charge in [0.2, 0.25) is 5.91 Å². The minimum Gasteiger partial charge on any atom is -0.399 e. The number of primary amides is 1. The number of nitrogens with two attached hydrogens (primary N) is 2. The van der Waals surface area contributed by atoms with Gasteiger partial charge >= 0.3 is 0 Å².